The lowest BCUT2D eigenvalue weighted by molar-refractivity contribution is -0.160. The Morgan fingerprint density at radius 3 is 2.60 bits per heavy atom. The number of allylic oxidation sites excluding steroid dienone is 1. The minimum Gasteiger partial charge on any atom is -0.471 e. The number of hydrogen-bond acceptors (Lipinski definition) is 8. The average molecular weight is 638 g/mol. The zero-order valence-electron chi connectivity index (χ0n) is 26.7. The van der Waals surface area contributed by atoms with Crippen molar-refractivity contribution >= 4 is 46.6 Å². The molecule has 1 aliphatic heterocycles. The van der Waals surface area contributed by atoms with Gasteiger partial charge in [-0.25, -0.2) is 14.8 Å². The number of hydrogen-bond donors (Lipinski definition) is 0. The molecule has 7 atom stereocenters. The molecule has 0 bridgehead atoms. The number of likely N-dealkylation sites (tertiary alicyclic amines) is 1. The molecule has 2 saturated carbocycles. The maximum absolute atomic E-state index is 14.2. The standard InChI is InChI=1S/C35H44ClN3O6/c1-7-9-10-11-23-24-14-20(24)15-30(23)45-31(40)18-25(35(3,4)5)33(41)39-19-22(17-29(39)34(42)43-6)44-32-26(8-2)37-27-13-12-21(36)16-28(27)38-32/h7-8,12-13,16,20,22-25,29-30H,1-2,9-11,14-15,17-19H2,3-6H3/t20-,22+,23+,24-,25+,29-,30+/m0/s1. The van der Waals surface area contributed by atoms with Crippen molar-refractivity contribution in [1.82, 2.24) is 14.9 Å². The summed E-state index contributed by atoms with van der Waals surface area (Å²) in [5, 5.41) is 0.511. The summed E-state index contributed by atoms with van der Waals surface area (Å²) in [6.07, 6.45) is 8.05. The number of carbonyl (C=O) groups excluding carboxylic acids is 3. The van der Waals surface area contributed by atoms with Gasteiger partial charge in [-0.3, -0.25) is 9.59 Å². The summed E-state index contributed by atoms with van der Waals surface area (Å²) in [7, 11) is 1.30. The molecule has 1 saturated heterocycles. The van der Waals surface area contributed by atoms with Crippen molar-refractivity contribution < 1.29 is 28.6 Å². The smallest absolute Gasteiger partial charge is 0.328 e. The summed E-state index contributed by atoms with van der Waals surface area (Å²) in [5.74, 6) is -0.0437. The van der Waals surface area contributed by atoms with Gasteiger partial charge in [0, 0.05) is 11.4 Å². The lowest BCUT2D eigenvalue weighted by atomic mass is 9.77. The summed E-state index contributed by atoms with van der Waals surface area (Å²) in [5.41, 5.74) is 1.05. The largest absolute Gasteiger partial charge is 0.471 e. The topological polar surface area (TPSA) is 108 Å². The molecular weight excluding hydrogens is 594 g/mol. The maximum Gasteiger partial charge on any atom is 0.328 e. The van der Waals surface area contributed by atoms with Gasteiger partial charge >= 0.3 is 11.9 Å². The first-order chi connectivity index (χ1) is 21.4. The van der Waals surface area contributed by atoms with E-state index >= 15 is 0 Å². The SMILES string of the molecule is C=CCCC[C@@H]1[C@H]2C[C@H]2C[C@H]1OC(=O)C[C@H](C(=O)N1C[C@H](Oc2nc3cc(Cl)ccc3nc2C=C)C[C@H]1C(=O)OC)C(C)(C)C. The number of amides is 1. The number of rotatable bonds is 12. The number of methoxy groups -OCH3 is 1. The third kappa shape index (κ3) is 7.35. The van der Waals surface area contributed by atoms with Crippen LogP contribution in [0.4, 0.5) is 0 Å². The summed E-state index contributed by atoms with van der Waals surface area (Å²) in [4.78, 5) is 51.2. The van der Waals surface area contributed by atoms with Crippen molar-refractivity contribution in [2.75, 3.05) is 13.7 Å². The van der Waals surface area contributed by atoms with Crippen LogP contribution in [0.15, 0.2) is 37.4 Å². The van der Waals surface area contributed by atoms with E-state index in [-0.39, 0.29) is 43.2 Å². The van der Waals surface area contributed by atoms with Crippen LogP contribution in [0.1, 0.15) is 71.4 Å². The number of unbranched alkanes of at least 4 members (excludes halogenated alkanes) is 1. The molecule has 0 spiro atoms. The van der Waals surface area contributed by atoms with Crippen LogP contribution in [-0.4, -0.2) is 64.6 Å². The van der Waals surface area contributed by atoms with Gasteiger partial charge in [-0.15, -0.1) is 6.58 Å². The van der Waals surface area contributed by atoms with E-state index in [0.717, 1.165) is 25.7 Å². The van der Waals surface area contributed by atoms with Gasteiger partial charge in [-0.05, 0) is 79.5 Å². The van der Waals surface area contributed by atoms with E-state index in [1.54, 1.807) is 24.3 Å². The van der Waals surface area contributed by atoms with Gasteiger partial charge in [0.15, 0.2) is 0 Å². The van der Waals surface area contributed by atoms with Crippen LogP contribution < -0.4 is 4.74 Å². The molecule has 45 heavy (non-hydrogen) atoms. The zero-order chi connectivity index (χ0) is 32.5. The van der Waals surface area contributed by atoms with Crippen LogP contribution in [0.3, 0.4) is 0 Å². The highest BCUT2D eigenvalue weighted by atomic mass is 35.5. The third-order valence-electron chi connectivity index (χ3n) is 9.59. The number of aromatic nitrogens is 2. The molecule has 0 N–H and O–H groups in total. The zero-order valence-corrected chi connectivity index (χ0v) is 27.4. The minimum absolute atomic E-state index is 0.0685. The first kappa shape index (κ1) is 32.9. The fourth-order valence-corrected chi connectivity index (χ4v) is 7.25. The lowest BCUT2D eigenvalue weighted by Gasteiger charge is -2.34. The highest BCUT2D eigenvalue weighted by Crippen LogP contribution is 2.57. The van der Waals surface area contributed by atoms with E-state index in [9.17, 15) is 14.4 Å². The van der Waals surface area contributed by atoms with Crippen LogP contribution in [0.25, 0.3) is 17.1 Å². The Hall–Kier alpha value is -3.46. The van der Waals surface area contributed by atoms with Gasteiger partial charge in [-0.2, -0.15) is 0 Å². The van der Waals surface area contributed by atoms with E-state index in [4.69, 9.17) is 25.8 Å². The molecule has 0 unspecified atom stereocenters. The Balaban J connectivity index is 1.31. The van der Waals surface area contributed by atoms with Gasteiger partial charge in [-0.1, -0.05) is 45.0 Å². The maximum atomic E-state index is 14.2. The van der Waals surface area contributed by atoms with Crippen LogP contribution >= 0.6 is 11.6 Å². The summed E-state index contributed by atoms with van der Waals surface area (Å²) < 4.78 is 17.4. The lowest BCUT2D eigenvalue weighted by Crippen LogP contribution is -2.48. The molecule has 2 aromatic rings. The van der Waals surface area contributed by atoms with E-state index in [2.05, 4.69) is 23.1 Å². The normalized spacial score (nSPS) is 26.2. The Bertz CT molecular complexity index is 1470. The Morgan fingerprint density at radius 2 is 1.91 bits per heavy atom. The predicted octanol–water partition coefficient (Wildman–Crippen LogP) is 6.42. The second-order valence-electron chi connectivity index (χ2n) is 13.7. The minimum atomic E-state index is -0.875. The van der Waals surface area contributed by atoms with Crippen LogP contribution in [0, 0.1) is 29.1 Å². The highest BCUT2D eigenvalue weighted by Gasteiger charge is 2.54. The number of benzene rings is 1. The van der Waals surface area contributed by atoms with Crippen LogP contribution in [0.5, 0.6) is 5.88 Å². The first-order valence-corrected chi connectivity index (χ1v) is 16.3. The number of fused-ring (bicyclic) bond motifs is 2. The molecular formula is C35H44ClN3O6. The molecule has 242 valence electrons. The number of esters is 2. The van der Waals surface area contributed by atoms with Gasteiger partial charge in [0.1, 0.15) is 23.9 Å². The van der Waals surface area contributed by atoms with Gasteiger partial charge in [0.25, 0.3) is 0 Å². The molecule has 9 nitrogen and oxygen atoms in total. The molecule has 3 fully saturated rings. The second kappa shape index (κ2) is 13.5. The molecule has 2 heterocycles. The van der Waals surface area contributed by atoms with Gasteiger partial charge in [0.2, 0.25) is 11.8 Å². The van der Waals surface area contributed by atoms with E-state index in [0.29, 0.717) is 39.5 Å². The molecule has 5 rings (SSSR count). The van der Waals surface area contributed by atoms with Gasteiger partial charge < -0.3 is 19.1 Å². The number of nitrogens with zero attached hydrogens (tertiary/aromatic N) is 3. The molecule has 2 aliphatic carbocycles. The Morgan fingerprint density at radius 1 is 1.13 bits per heavy atom. The van der Waals surface area contributed by atoms with Crippen molar-refractivity contribution in [2.45, 2.75) is 84.0 Å². The molecule has 10 heteroatoms. The molecule has 1 aromatic carbocycles. The molecule has 3 aliphatic rings. The quantitative estimate of drug-likeness (QED) is 0.149. The number of carbonyl (C=O) groups is 3. The second-order valence-corrected chi connectivity index (χ2v) is 14.1. The van der Waals surface area contributed by atoms with Gasteiger partial charge in [0.05, 0.1) is 37.0 Å². The van der Waals surface area contributed by atoms with Crippen molar-refractivity contribution in [3.05, 3.63) is 48.1 Å². The molecule has 0 radical (unpaired) electrons. The van der Waals surface area contributed by atoms with E-state index in [1.165, 1.54) is 18.4 Å². The Labute approximate surface area is 270 Å². The number of halogens is 1. The van der Waals surface area contributed by atoms with Crippen LogP contribution in [-0.2, 0) is 23.9 Å². The predicted molar refractivity (Wildman–Crippen MR) is 172 cm³/mol. The van der Waals surface area contributed by atoms with Crippen LogP contribution in [0.2, 0.25) is 5.02 Å². The summed E-state index contributed by atoms with van der Waals surface area (Å²) in [6, 6.07) is 4.31. The monoisotopic (exact) mass is 637 g/mol. The fraction of sp³-hybridized carbons (Fsp3) is 0.571. The van der Waals surface area contributed by atoms with Crippen molar-refractivity contribution in [1.29, 1.82) is 0 Å². The number of ether oxygens (including phenoxy) is 3. The highest BCUT2D eigenvalue weighted by molar-refractivity contribution is 6.31. The van der Waals surface area contributed by atoms with E-state index in [1.807, 2.05) is 26.8 Å². The van der Waals surface area contributed by atoms with Crippen molar-refractivity contribution in [3.8, 4) is 5.88 Å². The third-order valence-corrected chi connectivity index (χ3v) is 9.83. The first-order valence-electron chi connectivity index (χ1n) is 15.9. The summed E-state index contributed by atoms with van der Waals surface area (Å²) in [6.45, 7) is 13.6. The average Bonchev–Trinajstić information content (AvgIpc) is 3.49. The van der Waals surface area contributed by atoms with Crippen molar-refractivity contribution in [3.63, 3.8) is 0 Å². The van der Waals surface area contributed by atoms with Crippen molar-refractivity contribution in [2.24, 2.45) is 29.1 Å². The Kier molecular flexibility index (Phi) is 9.87. The summed E-state index contributed by atoms with van der Waals surface area (Å²) >= 11 is 6.17. The fourth-order valence-electron chi connectivity index (χ4n) is 7.08. The van der Waals surface area contributed by atoms with E-state index < -0.39 is 29.4 Å². The molecule has 1 amide bonds. The molecule has 1 aromatic heterocycles.